The van der Waals surface area contributed by atoms with Gasteiger partial charge in [0.1, 0.15) is 11.5 Å². The topological polar surface area (TPSA) is 66.8 Å². The third kappa shape index (κ3) is 4.50. The Bertz CT molecular complexity index is 1010. The van der Waals surface area contributed by atoms with Crippen LogP contribution >= 0.6 is 0 Å². The van der Waals surface area contributed by atoms with Crippen molar-refractivity contribution in [2.45, 2.75) is 53.0 Å². The van der Waals surface area contributed by atoms with Gasteiger partial charge in [-0.3, -0.25) is 9.59 Å². The number of aryl methyl sites for hydroxylation is 2. The number of carbonyl (C=O) groups excluding carboxylic acids is 2. The van der Waals surface area contributed by atoms with Gasteiger partial charge in [0.25, 0.3) is 11.7 Å². The number of nitrogens with zero attached hydrogens (tertiary/aromatic N) is 1. The lowest BCUT2D eigenvalue weighted by molar-refractivity contribution is -0.139. The molecule has 1 saturated heterocycles. The number of ether oxygens (including phenoxy) is 1. The minimum atomic E-state index is -0.631. The van der Waals surface area contributed by atoms with Crippen molar-refractivity contribution >= 4 is 17.4 Å². The summed E-state index contributed by atoms with van der Waals surface area (Å²) in [5.41, 5.74) is 3.35. The summed E-state index contributed by atoms with van der Waals surface area (Å²) in [7, 11) is 0. The molecule has 31 heavy (non-hydrogen) atoms. The van der Waals surface area contributed by atoms with E-state index in [-0.39, 0.29) is 11.3 Å². The molecule has 164 valence electrons. The summed E-state index contributed by atoms with van der Waals surface area (Å²) < 4.78 is 5.59. The Balaban J connectivity index is 2.13. The fraction of sp³-hybridized carbons (Fsp3) is 0.385. The highest BCUT2D eigenvalue weighted by Crippen LogP contribution is 2.41. The van der Waals surface area contributed by atoms with Crippen molar-refractivity contribution < 1.29 is 19.4 Å². The minimum absolute atomic E-state index is 0.143. The van der Waals surface area contributed by atoms with Gasteiger partial charge in [0.05, 0.1) is 18.2 Å². The van der Waals surface area contributed by atoms with E-state index in [9.17, 15) is 14.7 Å². The van der Waals surface area contributed by atoms with E-state index in [4.69, 9.17) is 4.74 Å². The molecule has 1 aliphatic heterocycles. The number of Topliss-reactive ketones (excluding diaryl/α,β-unsaturated/α-hetero) is 1. The van der Waals surface area contributed by atoms with E-state index in [1.165, 1.54) is 0 Å². The summed E-state index contributed by atoms with van der Waals surface area (Å²) in [6, 6.07) is 12.4. The molecule has 5 nitrogen and oxygen atoms in total. The highest BCUT2D eigenvalue weighted by atomic mass is 16.5. The zero-order chi connectivity index (χ0) is 22.5. The van der Waals surface area contributed by atoms with E-state index in [1.54, 1.807) is 23.1 Å². The van der Waals surface area contributed by atoms with Crippen molar-refractivity contribution in [1.29, 1.82) is 0 Å². The highest BCUT2D eigenvalue weighted by Gasteiger charge is 2.46. The lowest BCUT2D eigenvalue weighted by atomic mass is 9.92. The molecule has 1 N–H and O–H groups in total. The van der Waals surface area contributed by atoms with Crippen molar-refractivity contribution in [1.82, 2.24) is 4.90 Å². The number of carbonyl (C=O) groups is 2. The Morgan fingerprint density at radius 3 is 2.42 bits per heavy atom. The molecular formula is C26H31NO4. The number of likely N-dealkylation sites (tertiary alicyclic amines) is 1. The number of rotatable bonds is 8. The van der Waals surface area contributed by atoms with Gasteiger partial charge in [0, 0.05) is 12.1 Å². The van der Waals surface area contributed by atoms with E-state index in [2.05, 4.69) is 6.92 Å². The number of unbranched alkanes of at least 4 members (excludes halogenated alkanes) is 2. The normalized spacial score (nSPS) is 17.9. The van der Waals surface area contributed by atoms with Crippen LogP contribution in [0.5, 0.6) is 5.75 Å². The van der Waals surface area contributed by atoms with Crippen LogP contribution in [0.1, 0.15) is 61.4 Å². The smallest absolute Gasteiger partial charge is 0.295 e. The van der Waals surface area contributed by atoms with Crippen molar-refractivity contribution in [3.63, 3.8) is 0 Å². The lowest BCUT2D eigenvalue weighted by Crippen LogP contribution is -2.31. The zero-order valence-electron chi connectivity index (χ0n) is 18.8. The van der Waals surface area contributed by atoms with E-state index in [1.807, 2.05) is 45.0 Å². The highest BCUT2D eigenvalue weighted by molar-refractivity contribution is 6.46. The number of aliphatic hydroxyl groups is 1. The average Bonchev–Trinajstić information content (AvgIpc) is 3.00. The van der Waals surface area contributed by atoms with Crippen LogP contribution in [0.15, 0.2) is 48.0 Å². The van der Waals surface area contributed by atoms with Gasteiger partial charge in [-0.05, 0) is 62.1 Å². The monoisotopic (exact) mass is 421 g/mol. The maximum atomic E-state index is 13.1. The first-order valence-electron chi connectivity index (χ1n) is 11.0. The average molecular weight is 422 g/mol. The first-order chi connectivity index (χ1) is 14.9. The molecule has 0 radical (unpaired) electrons. The number of benzene rings is 2. The maximum absolute atomic E-state index is 13.1. The van der Waals surface area contributed by atoms with Crippen LogP contribution in [0.2, 0.25) is 0 Å². The minimum Gasteiger partial charge on any atom is -0.507 e. The zero-order valence-corrected chi connectivity index (χ0v) is 18.8. The standard InChI is InChI=1S/C26H31NO4/c1-5-7-10-15-27-23(20-12-9-8-11-17(20)3)22(25(29)26(27)30)24(28)19-13-14-21(31-6-2)18(4)16-19/h8-9,11-14,16,23,28H,5-7,10,15H2,1-4H3/b24-22+. The molecule has 1 unspecified atom stereocenters. The number of amides is 1. The Morgan fingerprint density at radius 2 is 1.77 bits per heavy atom. The molecule has 2 aromatic rings. The molecule has 0 aliphatic carbocycles. The Hall–Kier alpha value is -3.08. The number of hydrogen-bond donors (Lipinski definition) is 1. The van der Waals surface area contributed by atoms with Crippen molar-refractivity contribution in [3.05, 3.63) is 70.3 Å². The fourth-order valence-corrected chi connectivity index (χ4v) is 4.13. The summed E-state index contributed by atoms with van der Waals surface area (Å²) in [6.45, 7) is 8.89. The van der Waals surface area contributed by atoms with Crippen LogP contribution in [0.25, 0.3) is 5.76 Å². The second-order valence-corrected chi connectivity index (χ2v) is 7.97. The van der Waals surface area contributed by atoms with Gasteiger partial charge in [-0.2, -0.15) is 0 Å². The molecule has 0 spiro atoms. The summed E-state index contributed by atoms with van der Waals surface area (Å²) in [6.07, 6.45) is 2.81. The van der Waals surface area contributed by atoms with Crippen molar-refractivity contribution in [2.75, 3.05) is 13.2 Å². The number of ketones is 1. The third-order valence-electron chi connectivity index (χ3n) is 5.77. The maximum Gasteiger partial charge on any atom is 0.295 e. The fourth-order valence-electron chi connectivity index (χ4n) is 4.13. The van der Waals surface area contributed by atoms with Gasteiger partial charge in [0.2, 0.25) is 0 Å². The first-order valence-corrected chi connectivity index (χ1v) is 11.0. The van der Waals surface area contributed by atoms with Crippen LogP contribution in [-0.4, -0.2) is 34.8 Å². The molecule has 0 saturated carbocycles. The van der Waals surface area contributed by atoms with E-state index in [0.29, 0.717) is 18.7 Å². The first kappa shape index (κ1) is 22.6. The molecule has 1 heterocycles. The van der Waals surface area contributed by atoms with E-state index in [0.717, 1.165) is 41.7 Å². The van der Waals surface area contributed by atoms with Crippen LogP contribution < -0.4 is 4.74 Å². The molecule has 1 aliphatic rings. The van der Waals surface area contributed by atoms with Gasteiger partial charge in [0.15, 0.2) is 0 Å². The molecule has 0 aromatic heterocycles. The molecule has 2 aromatic carbocycles. The molecule has 5 heteroatoms. The van der Waals surface area contributed by atoms with Crippen LogP contribution in [0, 0.1) is 13.8 Å². The summed E-state index contributed by atoms with van der Waals surface area (Å²) in [4.78, 5) is 27.7. The Morgan fingerprint density at radius 1 is 1.03 bits per heavy atom. The molecule has 1 atom stereocenters. The van der Waals surface area contributed by atoms with Crippen LogP contribution in [-0.2, 0) is 9.59 Å². The van der Waals surface area contributed by atoms with Crippen LogP contribution in [0.4, 0.5) is 0 Å². The third-order valence-corrected chi connectivity index (χ3v) is 5.77. The quantitative estimate of drug-likeness (QED) is 0.271. The molecule has 3 rings (SSSR count). The molecular weight excluding hydrogens is 390 g/mol. The Labute approximate surface area is 184 Å². The van der Waals surface area contributed by atoms with Gasteiger partial charge in [-0.1, -0.05) is 44.0 Å². The summed E-state index contributed by atoms with van der Waals surface area (Å²) >= 11 is 0. The Kier molecular flexibility index (Phi) is 7.16. The molecule has 1 amide bonds. The second-order valence-electron chi connectivity index (χ2n) is 7.97. The number of hydrogen-bond acceptors (Lipinski definition) is 4. The van der Waals surface area contributed by atoms with E-state index >= 15 is 0 Å². The van der Waals surface area contributed by atoms with Crippen molar-refractivity contribution in [3.8, 4) is 5.75 Å². The lowest BCUT2D eigenvalue weighted by Gasteiger charge is -2.26. The van der Waals surface area contributed by atoms with Gasteiger partial charge < -0.3 is 14.7 Å². The SMILES string of the molecule is CCCCCN1C(=O)C(=O)/C(=C(/O)c2ccc(OCC)c(C)c2)C1c1ccccc1C. The largest absolute Gasteiger partial charge is 0.507 e. The predicted molar refractivity (Wildman–Crippen MR) is 122 cm³/mol. The second kappa shape index (κ2) is 9.82. The molecule has 1 fully saturated rings. The summed E-state index contributed by atoms with van der Waals surface area (Å²) in [5.74, 6) is -0.590. The number of aliphatic hydroxyl groups excluding tert-OH is 1. The van der Waals surface area contributed by atoms with Crippen LogP contribution in [0.3, 0.4) is 0 Å². The van der Waals surface area contributed by atoms with Crippen molar-refractivity contribution in [2.24, 2.45) is 0 Å². The molecule has 0 bridgehead atoms. The van der Waals surface area contributed by atoms with Gasteiger partial charge in [-0.25, -0.2) is 0 Å². The van der Waals surface area contributed by atoms with Gasteiger partial charge >= 0.3 is 0 Å². The predicted octanol–water partition coefficient (Wildman–Crippen LogP) is 5.31. The summed E-state index contributed by atoms with van der Waals surface area (Å²) in [5, 5.41) is 11.2. The van der Waals surface area contributed by atoms with E-state index < -0.39 is 17.7 Å². The van der Waals surface area contributed by atoms with Gasteiger partial charge in [-0.15, -0.1) is 0 Å².